The van der Waals surface area contributed by atoms with E-state index < -0.39 is 16.9 Å². The molecule has 0 saturated carbocycles. The fraction of sp³-hybridized carbons (Fsp3) is 0.222. The Labute approximate surface area is 149 Å². The number of nitrogens with zero attached hydrogens (tertiary/aromatic N) is 1. The summed E-state index contributed by atoms with van der Waals surface area (Å²) in [7, 11) is 0. The number of ether oxygens (including phenoxy) is 3. The predicted molar refractivity (Wildman–Crippen MR) is 89.9 cm³/mol. The second-order valence-corrected chi connectivity index (χ2v) is 5.19. The number of carbonyl (C=O) groups is 1. The Balaban J connectivity index is 1.80. The van der Waals surface area contributed by atoms with Gasteiger partial charge in [-0.1, -0.05) is 18.2 Å². The number of carbonyl (C=O) groups excluding carboxylic acids is 1. The SMILES string of the molecule is C[CH]OCc1ccc(OC(=O)OCCc2ccc([N+](=O)[O-])cc2)c(F)c1. The van der Waals surface area contributed by atoms with Gasteiger partial charge in [-0.05, 0) is 30.2 Å². The van der Waals surface area contributed by atoms with Gasteiger partial charge in [-0.2, -0.15) is 0 Å². The van der Waals surface area contributed by atoms with Gasteiger partial charge in [-0.25, -0.2) is 9.18 Å². The van der Waals surface area contributed by atoms with Gasteiger partial charge >= 0.3 is 6.16 Å². The lowest BCUT2D eigenvalue weighted by Crippen LogP contribution is -2.13. The van der Waals surface area contributed by atoms with E-state index >= 15 is 0 Å². The largest absolute Gasteiger partial charge is 0.513 e. The molecule has 0 N–H and O–H groups in total. The van der Waals surface area contributed by atoms with Gasteiger partial charge in [0.2, 0.25) is 0 Å². The molecule has 0 aliphatic carbocycles. The molecule has 0 saturated heterocycles. The fourth-order valence-electron chi connectivity index (χ4n) is 2.05. The summed E-state index contributed by atoms with van der Waals surface area (Å²) in [4.78, 5) is 21.7. The second-order valence-electron chi connectivity index (χ2n) is 5.19. The molecule has 26 heavy (non-hydrogen) atoms. The Hall–Kier alpha value is -3.00. The molecule has 2 rings (SSSR count). The Kier molecular flexibility index (Phi) is 7.04. The van der Waals surface area contributed by atoms with Crippen molar-refractivity contribution >= 4 is 11.8 Å². The summed E-state index contributed by atoms with van der Waals surface area (Å²) in [5.41, 5.74) is 1.33. The first-order valence-corrected chi connectivity index (χ1v) is 7.75. The van der Waals surface area contributed by atoms with E-state index in [0.29, 0.717) is 12.0 Å². The predicted octanol–water partition coefficient (Wildman–Crippen LogP) is 4.19. The van der Waals surface area contributed by atoms with Crippen LogP contribution in [-0.4, -0.2) is 17.7 Å². The summed E-state index contributed by atoms with van der Waals surface area (Å²) < 4.78 is 28.6. The molecule has 2 aromatic carbocycles. The second kappa shape index (κ2) is 9.47. The van der Waals surface area contributed by atoms with E-state index in [1.54, 1.807) is 25.1 Å². The van der Waals surface area contributed by atoms with Crippen molar-refractivity contribution in [3.05, 3.63) is 76.1 Å². The number of rotatable bonds is 8. The third kappa shape index (κ3) is 5.82. The fourth-order valence-corrected chi connectivity index (χ4v) is 2.05. The van der Waals surface area contributed by atoms with E-state index in [0.717, 1.165) is 5.56 Å². The number of hydrogen-bond acceptors (Lipinski definition) is 6. The number of nitro groups is 1. The summed E-state index contributed by atoms with van der Waals surface area (Å²) in [5, 5.41) is 10.6. The van der Waals surface area contributed by atoms with Gasteiger partial charge in [0.1, 0.15) is 0 Å². The number of non-ortho nitro benzene ring substituents is 1. The topological polar surface area (TPSA) is 87.9 Å². The average Bonchev–Trinajstić information content (AvgIpc) is 2.62. The van der Waals surface area contributed by atoms with Crippen molar-refractivity contribution in [2.75, 3.05) is 6.61 Å². The number of nitro benzene ring substituents is 1. The van der Waals surface area contributed by atoms with Gasteiger partial charge in [0.15, 0.2) is 11.6 Å². The minimum Gasteiger partial charge on any atom is -0.434 e. The molecule has 0 aliphatic rings. The van der Waals surface area contributed by atoms with Crippen LogP contribution >= 0.6 is 0 Å². The molecular weight excluding hydrogens is 345 g/mol. The van der Waals surface area contributed by atoms with Gasteiger partial charge in [0, 0.05) is 18.6 Å². The molecule has 137 valence electrons. The van der Waals surface area contributed by atoms with E-state index in [1.807, 2.05) is 0 Å². The van der Waals surface area contributed by atoms with Gasteiger partial charge in [-0.15, -0.1) is 0 Å². The van der Waals surface area contributed by atoms with Crippen molar-refractivity contribution < 1.29 is 28.3 Å². The van der Waals surface area contributed by atoms with Gasteiger partial charge in [0.25, 0.3) is 5.69 Å². The third-order valence-corrected chi connectivity index (χ3v) is 3.36. The molecule has 7 nitrogen and oxygen atoms in total. The highest BCUT2D eigenvalue weighted by atomic mass is 19.1. The van der Waals surface area contributed by atoms with Crippen LogP contribution in [0.3, 0.4) is 0 Å². The van der Waals surface area contributed by atoms with E-state index in [2.05, 4.69) is 0 Å². The maximum absolute atomic E-state index is 13.9. The third-order valence-electron chi connectivity index (χ3n) is 3.36. The van der Waals surface area contributed by atoms with Crippen LogP contribution in [-0.2, 0) is 22.5 Å². The van der Waals surface area contributed by atoms with Crippen molar-refractivity contribution in [3.63, 3.8) is 0 Å². The molecule has 0 heterocycles. The lowest BCUT2D eigenvalue weighted by atomic mass is 10.1. The standard InChI is InChI=1S/C18H17FNO6/c1-2-24-12-14-5-8-17(16(19)11-14)26-18(21)25-10-9-13-3-6-15(7-4-13)20(22)23/h2-8,11H,9-10,12H2,1H3. The Morgan fingerprint density at radius 2 is 1.88 bits per heavy atom. The van der Waals surface area contributed by atoms with E-state index in [9.17, 15) is 19.3 Å². The van der Waals surface area contributed by atoms with Crippen LogP contribution in [0.15, 0.2) is 42.5 Å². The molecule has 2 aromatic rings. The average molecular weight is 362 g/mol. The monoisotopic (exact) mass is 362 g/mol. The van der Waals surface area contributed by atoms with Crippen molar-refractivity contribution in [2.45, 2.75) is 20.0 Å². The van der Waals surface area contributed by atoms with Gasteiger partial charge in [-0.3, -0.25) is 10.1 Å². The van der Waals surface area contributed by atoms with E-state index in [4.69, 9.17) is 14.2 Å². The lowest BCUT2D eigenvalue weighted by Gasteiger charge is -2.08. The zero-order valence-electron chi connectivity index (χ0n) is 14.0. The molecule has 8 heteroatoms. The number of halogens is 1. The van der Waals surface area contributed by atoms with Crippen LogP contribution in [0.5, 0.6) is 5.75 Å². The molecule has 0 atom stereocenters. The smallest absolute Gasteiger partial charge is 0.434 e. The Morgan fingerprint density at radius 1 is 1.19 bits per heavy atom. The van der Waals surface area contributed by atoms with Crippen LogP contribution in [0.2, 0.25) is 0 Å². The first-order valence-electron chi connectivity index (χ1n) is 7.75. The summed E-state index contributed by atoms with van der Waals surface area (Å²) >= 11 is 0. The number of benzene rings is 2. The van der Waals surface area contributed by atoms with E-state index in [-0.39, 0.29) is 24.7 Å². The molecule has 0 amide bonds. The summed E-state index contributed by atoms with van der Waals surface area (Å²) in [6.45, 7) is 3.41. The number of hydrogen-bond donors (Lipinski definition) is 0. The summed E-state index contributed by atoms with van der Waals surface area (Å²) in [6, 6.07) is 9.98. The van der Waals surface area contributed by atoms with Crippen LogP contribution in [0.1, 0.15) is 18.1 Å². The quantitative estimate of drug-likeness (QED) is 0.303. The minimum absolute atomic E-state index is 0.00345. The molecule has 0 aromatic heterocycles. The van der Waals surface area contributed by atoms with Crippen LogP contribution in [0, 0.1) is 22.5 Å². The zero-order valence-corrected chi connectivity index (χ0v) is 14.0. The first-order chi connectivity index (χ1) is 12.5. The molecule has 0 fully saturated rings. The van der Waals surface area contributed by atoms with Gasteiger partial charge < -0.3 is 14.2 Å². The molecule has 0 unspecified atom stereocenters. The first kappa shape index (κ1) is 19.3. The lowest BCUT2D eigenvalue weighted by molar-refractivity contribution is -0.384. The van der Waals surface area contributed by atoms with Gasteiger partial charge in [0.05, 0.1) is 24.7 Å². The van der Waals surface area contributed by atoms with Crippen LogP contribution < -0.4 is 4.74 Å². The van der Waals surface area contributed by atoms with Crippen LogP contribution in [0.25, 0.3) is 0 Å². The molecule has 0 spiro atoms. The zero-order chi connectivity index (χ0) is 18.9. The minimum atomic E-state index is -1.03. The van der Waals surface area contributed by atoms with Crippen LogP contribution in [0.4, 0.5) is 14.9 Å². The maximum atomic E-state index is 13.9. The van der Waals surface area contributed by atoms with Crippen molar-refractivity contribution in [2.24, 2.45) is 0 Å². The van der Waals surface area contributed by atoms with Crippen molar-refractivity contribution in [1.82, 2.24) is 0 Å². The van der Waals surface area contributed by atoms with Crippen molar-refractivity contribution in [3.8, 4) is 5.75 Å². The summed E-state index contributed by atoms with van der Waals surface area (Å²) in [5.74, 6) is -0.941. The highest BCUT2D eigenvalue weighted by Crippen LogP contribution is 2.19. The molecule has 1 radical (unpaired) electrons. The van der Waals surface area contributed by atoms with E-state index in [1.165, 1.54) is 30.9 Å². The normalized spacial score (nSPS) is 10.4. The highest BCUT2D eigenvalue weighted by molar-refractivity contribution is 5.63. The molecule has 0 bridgehead atoms. The Bertz CT molecular complexity index is 763. The maximum Gasteiger partial charge on any atom is 0.513 e. The summed E-state index contributed by atoms with van der Waals surface area (Å²) in [6.07, 6.45) is -0.684. The Morgan fingerprint density at radius 3 is 2.50 bits per heavy atom. The van der Waals surface area contributed by atoms with Crippen molar-refractivity contribution in [1.29, 1.82) is 0 Å². The molecular formula is C18H17FNO6. The molecule has 0 aliphatic heterocycles. The highest BCUT2D eigenvalue weighted by Gasteiger charge is 2.12.